The van der Waals surface area contributed by atoms with Crippen LogP contribution < -0.4 is 10.6 Å². The van der Waals surface area contributed by atoms with Gasteiger partial charge in [0, 0.05) is 30.3 Å². The summed E-state index contributed by atoms with van der Waals surface area (Å²) in [7, 11) is 0. The van der Waals surface area contributed by atoms with Crippen molar-refractivity contribution in [1.29, 1.82) is 5.26 Å². The summed E-state index contributed by atoms with van der Waals surface area (Å²) in [5.74, 6) is -7.52. The van der Waals surface area contributed by atoms with E-state index in [2.05, 4.69) is 15.6 Å². The van der Waals surface area contributed by atoms with Gasteiger partial charge < -0.3 is 20.5 Å². The number of hydrogen-bond donors (Lipinski definition) is 3. The maximum Gasteiger partial charge on any atom is 0.271 e. The molecule has 196 valence electrons. The van der Waals surface area contributed by atoms with Gasteiger partial charge in [0.25, 0.3) is 11.8 Å². The van der Waals surface area contributed by atoms with Crippen LogP contribution in [0.5, 0.6) is 0 Å². The Morgan fingerprint density at radius 2 is 2.08 bits per heavy atom. The predicted octanol–water partition coefficient (Wildman–Crippen LogP) is 3.51. The molecule has 1 saturated carbocycles. The Labute approximate surface area is 215 Å². The number of nitriles is 1. The second-order valence-electron chi connectivity index (χ2n) is 10.0. The van der Waals surface area contributed by atoms with Gasteiger partial charge in [0.2, 0.25) is 11.8 Å². The Morgan fingerprint density at radius 1 is 1.30 bits per heavy atom. The zero-order chi connectivity index (χ0) is 26.5. The lowest BCUT2D eigenvalue weighted by Crippen LogP contribution is -2.68. The van der Waals surface area contributed by atoms with Crippen molar-refractivity contribution in [1.82, 2.24) is 20.5 Å². The number of alkyl halides is 2. The van der Waals surface area contributed by atoms with E-state index in [0.717, 1.165) is 17.4 Å². The van der Waals surface area contributed by atoms with E-state index in [4.69, 9.17) is 11.6 Å². The first kappa shape index (κ1) is 25.4. The van der Waals surface area contributed by atoms with Gasteiger partial charge in [0.05, 0.1) is 22.5 Å². The fraction of sp³-hybridized carbons (Fsp3) is 0.520. The van der Waals surface area contributed by atoms with E-state index < -0.39 is 59.9 Å². The molecule has 1 aliphatic carbocycles. The van der Waals surface area contributed by atoms with E-state index in [9.17, 15) is 32.8 Å². The minimum Gasteiger partial charge on any atom is -0.356 e. The highest BCUT2D eigenvalue weighted by molar-refractivity contribution is 6.35. The van der Waals surface area contributed by atoms with Crippen LogP contribution in [0, 0.1) is 29.0 Å². The third-order valence-corrected chi connectivity index (χ3v) is 8.07. The SMILES string of the molecule is N#C[C@H](C[C@H]1CCCNC1=O)NC(=O)[C@H]1[C@@H]2CC[C@@H](CC2(F)F)N1C(=O)c1cc2c(F)ccc(Cl)c2[nH]1. The van der Waals surface area contributed by atoms with Gasteiger partial charge in [-0.15, -0.1) is 0 Å². The molecule has 12 heteroatoms. The van der Waals surface area contributed by atoms with E-state index in [1.165, 1.54) is 12.1 Å². The molecule has 4 heterocycles. The van der Waals surface area contributed by atoms with Crippen molar-refractivity contribution in [3.63, 3.8) is 0 Å². The third kappa shape index (κ3) is 4.52. The number of fused-ring (bicyclic) bond motifs is 4. The molecule has 8 nitrogen and oxygen atoms in total. The first-order valence-electron chi connectivity index (χ1n) is 12.3. The molecule has 3 amide bonds. The summed E-state index contributed by atoms with van der Waals surface area (Å²) in [6.07, 6.45) is 1.06. The Morgan fingerprint density at radius 3 is 2.76 bits per heavy atom. The number of benzene rings is 1. The third-order valence-electron chi connectivity index (χ3n) is 7.75. The van der Waals surface area contributed by atoms with Crippen molar-refractivity contribution in [3.05, 3.63) is 34.7 Å². The van der Waals surface area contributed by atoms with Crippen LogP contribution in [0.15, 0.2) is 18.2 Å². The summed E-state index contributed by atoms with van der Waals surface area (Å²) < 4.78 is 44.2. The van der Waals surface area contributed by atoms with Gasteiger partial charge in [-0.2, -0.15) is 5.26 Å². The molecular weight excluding hydrogens is 511 g/mol. The summed E-state index contributed by atoms with van der Waals surface area (Å²) >= 11 is 6.13. The molecule has 2 bridgehead atoms. The van der Waals surface area contributed by atoms with Gasteiger partial charge in [-0.3, -0.25) is 14.4 Å². The van der Waals surface area contributed by atoms with Gasteiger partial charge in [-0.25, -0.2) is 13.2 Å². The first-order chi connectivity index (χ1) is 17.6. The monoisotopic (exact) mass is 535 g/mol. The Hall–Kier alpha value is -3.26. The Bertz CT molecular complexity index is 1270. The van der Waals surface area contributed by atoms with Gasteiger partial charge in [0.15, 0.2) is 0 Å². The molecule has 4 aliphatic rings. The minimum atomic E-state index is -3.18. The van der Waals surface area contributed by atoms with Crippen molar-refractivity contribution >= 4 is 40.2 Å². The number of carbonyl (C=O) groups is 3. The van der Waals surface area contributed by atoms with Crippen LogP contribution in [0.4, 0.5) is 13.2 Å². The van der Waals surface area contributed by atoms with E-state index in [-0.39, 0.29) is 46.8 Å². The fourth-order valence-corrected chi connectivity index (χ4v) is 6.16. The topological polar surface area (TPSA) is 118 Å². The number of nitrogens with zero attached hydrogens (tertiary/aromatic N) is 2. The van der Waals surface area contributed by atoms with Crippen molar-refractivity contribution < 1.29 is 27.6 Å². The normalized spacial score (nSPS) is 27.4. The van der Waals surface area contributed by atoms with E-state index >= 15 is 0 Å². The minimum absolute atomic E-state index is 0.0366. The van der Waals surface area contributed by atoms with Gasteiger partial charge in [-0.05, 0) is 50.3 Å². The average Bonchev–Trinajstić information content (AvgIpc) is 3.33. The van der Waals surface area contributed by atoms with Crippen molar-refractivity contribution in [3.8, 4) is 6.07 Å². The first-order valence-corrected chi connectivity index (χ1v) is 12.6. The van der Waals surface area contributed by atoms with Crippen LogP contribution in [0.2, 0.25) is 5.02 Å². The molecule has 5 atom stereocenters. The molecule has 3 aliphatic heterocycles. The van der Waals surface area contributed by atoms with Crippen LogP contribution in [0.3, 0.4) is 0 Å². The van der Waals surface area contributed by atoms with Crippen LogP contribution in [-0.2, 0) is 9.59 Å². The molecule has 37 heavy (non-hydrogen) atoms. The van der Waals surface area contributed by atoms with Gasteiger partial charge >= 0.3 is 0 Å². The van der Waals surface area contributed by atoms with Crippen molar-refractivity contribution in [2.45, 2.75) is 62.6 Å². The van der Waals surface area contributed by atoms with Crippen LogP contribution in [0.1, 0.15) is 49.0 Å². The van der Waals surface area contributed by atoms with E-state index in [0.29, 0.717) is 13.0 Å². The Kier molecular flexibility index (Phi) is 6.56. The molecule has 6 rings (SSSR count). The summed E-state index contributed by atoms with van der Waals surface area (Å²) in [6, 6.07) is 2.15. The smallest absolute Gasteiger partial charge is 0.271 e. The lowest BCUT2D eigenvalue weighted by Gasteiger charge is -2.53. The number of piperidine rings is 3. The number of rotatable bonds is 5. The second-order valence-corrected chi connectivity index (χ2v) is 10.4. The lowest BCUT2D eigenvalue weighted by atomic mass is 9.71. The maximum absolute atomic E-state index is 15.0. The number of hydrogen-bond acceptors (Lipinski definition) is 4. The molecule has 4 fully saturated rings. The highest BCUT2D eigenvalue weighted by Gasteiger charge is 2.60. The number of nitrogens with one attached hydrogen (secondary N) is 3. The Balaban J connectivity index is 1.43. The molecule has 3 saturated heterocycles. The van der Waals surface area contributed by atoms with E-state index in [1.54, 1.807) is 0 Å². The zero-order valence-electron chi connectivity index (χ0n) is 19.7. The number of aromatic nitrogens is 1. The highest BCUT2D eigenvalue weighted by Crippen LogP contribution is 2.49. The lowest BCUT2D eigenvalue weighted by molar-refractivity contribution is -0.179. The number of amides is 3. The molecule has 1 aromatic heterocycles. The predicted molar refractivity (Wildman–Crippen MR) is 127 cm³/mol. The maximum atomic E-state index is 15.0. The average molecular weight is 536 g/mol. The van der Waals surface area contributed by atoms with Gasteiger partial charge in [-0.1, -0.05) is 11.6 Å². The molecule has 0 spiro atoms. The largest absolute Gasteiger partial charge is 0.356 e. The van der Waals surface area contributed by atoms with Crippen LogP contribution in [0.25, 0.3) is 10.9 Å². The molecular formula is C25H25ClF3N5O3. The zero-order valence-corrected chi connectivity index (χ0v) is 20.5. The van der Waals surface area contributed by atoms with Gasteiger partial charge in [0.1, 0.15) is 23.6 Å². The molecule has 1 aromatic carbocycles. The van der Waals surface area contributed by atoms with E-state index in [1.807, 2.05) is 6.07 Å². The number of carbonyl (C=O) groups excluding carboxylic acids is 3. The standard InChI is InChI=1S/C25H25ClF3N5O3/c26-17-5-6-18(27)15-9-19(33-20(15)17)24(37)34-14-3-4-16(25(28,29)10-14)21(34)23(36)32-13(11-30)8-12-2-1-7-31-22(12)35/h5-6,9,12-14,16,21,33H,1-4,7-8,10H2,(H,31,35)(H,32,36)/t12-,13+,14+,16+,21-/m1/s1. The molecule has 0 unspecified atom stereocenters. The number of aromatic amines is 1. The fourth-order valence-electron chi connectivity index (χ4n) is 5.95. The second kappa shape index (κ2) is 9.56. The molecule has 2 aromatic rings. The van der Waals surface area contributed by atoms with Crippen molar-refractivity contribution in [2.75, 3.05) is 6.54 Å². The van der Waals surface area contributed by atoms with Crippen LogP contribution in [-0.4, -0.2) is 58.2 Å². The number of halogens is 4. The number of H-pyrrole nitrogens is 1. The summed E-state index contributed by atoms with van der Waals surface area (Å²) in [5, 5.41) is 15.1. The summed E-state index contributed by atoms with van der Waals surface area (Å²) in [4.78, 5) is 43.1. The quantitative estimate of drug-likeness (QED) is 0.543. The summed E-state index contributed by atoms with van der Waals surface area (Å²) in [6.45, 7) is 0.541. The van der Waals surface area contributed by atoms with Crippen LogP contribution >= 0.6 is 11.6 Å². The molecule has 0 radical (unpaired) electrons. The highest BCUT2D eigenvalue weighted by atomic mass is 35.5. The summed E-state index contributed by atoms with van der Waals surface area (Å²) in [5.41, 5.74) is 0.111. The molecule has 3 N–H and O–H groups in total. The van der Waals surface area contributed by atoms with Crippen molar-refractivity contribution in [2.24, 2.45) is 11.8 Å².